The smallest absolute Gasteiger partial charge is 0.336 e. The van der Waals surface area contributed by atoms with Crippen molar-refractivity contribution in [1.82, 2.24) is 9.97 Å². The first-order valence-electron chi connectivity index (χ1n) is 6.24. The van der Waals surface area contributed by atoms with Crippen LogP contribution in [0.3, 0.4) is 0 Å². The summed E-state index contributed by atoms with van der Waals surface area (Å²) in [6.07, 6.45) is 0. The zero-order valence-corrected chi connectivity index (χ0v) is 12.9. The summed E-state index contributed by atoms with van der Waals surface area (Å²) in [6.45, 7) is 3.86. The lowest BCUT2D eigenvalue weighted by atomic mass is 10.1. The summed E-state index contributed by atoms with van der Waals surface area (Å²) in [5.41, 5.74) is 1.99. The highest BCUT2D eigenvalue weighted by Gasteiger charge is 2.17. The van der Waals surface area contributed by atoms with Crippen LogP contribution in [0.25, 0.3) is 22.3 Å². The maximum atomic E-state index is 11.5. The normalized spacial score (nSPS) is 11.0. The van der Waals surface area contributed by atoms with Crippen molar-refractivity contribution in [2.24, 2.45) is 0 Å². The van der Waals surface area contributed by atoms with Crippen molar-refractivity contribution in [3.63, 3.8) is 0 Å². The Morgan fingerprint density at radius 3 is 2.67 bits per heavy atom. The number of carbonyl (C=O) groups is 1. The van der Waals surface area contributed by atoms with Crippen LogP contribution in [0.1, 0.15) is 20.2 Å². The summed E-state index contributed by atoms with van der Waals surface area (Å²) in [4.78, 5) is 21.5. The molecule has 0 unspecified atom stereocenters. The Hall–Kier alpha value is -1.98. The molecule has 6 heteroatoms. The van der Waals surface area contributed by atoms with E-state index < -0.39 is 5.97 Å². The number of fused-ring (bicyclic) bond motifs is 1. The lowest BCUT2D eigenvalue weighted by Gasteiger charge is -2.07. The van der Waals surface area contributed by atoms with Crippen molar-refractivity contribution < 1.29 is 9.90 Å². The van der Waals surface area contributed by atoms with Crippen LogP contribution in [0, 0.1) is 13.8 Å². The minimum Gasteiger partial charge on any atom is -0.478 e. The second-order valence-electron chi connectivity index (χ2n) is 4.63. The molecule has 0 saturated heterocycles. The summed E-state index contributed by atoms with van der Waals surface area (Å²) >= 11 is 7.69. The van der Waals surface area contributed by atoms with Gasteiger partial charge in [-0.3, -0.25) is 0 Å². The first-order valence-corrected chi connectivity index (χ1v) is 7.44. The van der Waals surface area contributed by atoms with E-state index in [-0.39, 0.29) is 5.56 Å². The predicted octanol–water partition coefficient (Wildman–Crippen LogP) is 4.33. The SMILES string of the molecule is Cc1nc(-c2cc(C(=O)O)c3c(Cl)cccc3n2)c(C)s1. The molecule has 0 atom stereocenters. The highest BCUT2D eigenvalue weighted by molar-refractivity contribution is 7.11. The third kappa shape index (κ3) is 2.39. The zero-order chi connectivity index (χ0) is 15.1. The molecule has 3 rings (SSSR count). The topological polar surface area (TPSA) is 63.1 Å². The molecule has 0 spiro atoms. The maximum Gasteiger partial charge on any atom is 0.336 e. The number of hydrogen-bond donors (Lipinski definition) is 1. The van der Waals surface area contributed by atoms with Crippen LogP contribution in [0.15, 0.2) is 24.3 Å². The van der Waals surface area contributed by atoms with Crippen LogP contribution in [-0.4, -0.2) is 21.0 Å². The van der Waals surface area contributed by atoms with Crippen LogP contribution in [0.5, 0.6) is 0 Å². The molecule has 0 aliphatic heterocycles. The molecular weight excluding hydrogens is 308 g/mol. The van der Waals surface area contributed by atoms with E-state index in [1.165, 1.54) is 6.07 Å². The lowest BCUT2D eigenvalue weighted by molar-refractivity contribution is 0.0699. The highest BCUT2D eigenvalue weighted by atomic mass is 35.5. The molecule has 0 saturated carbocycles. The molecule has 0 fully saturated rings. The fraction of sp³-hybridized carbons (Fsp3) is 0.133. The van der Waals surface area contributed by atoms with Gasteiger partial charge in [0.15, 0.2) is 0 Å². The second kappa shape index (κ2) is 5.09. The van der Waals surface area contributed by atoms with Crippen molar-refractivity contribution >= 4 is 39.8 Å². The van der Waals surface area contributed by atoms with Gasteiger partial charge in [0.2, 0.25) is 0 Å². The van der Waals surface area contributed by atoms with Gasteiger partial charge < -0.3 is 5.11 Å². The van der Waals surface area contributed by atoms with Gasteiger partial charge in [0.1, 0.15) is 5.69 Å². The Morgan fingerprint density at radius 2 is 2.05 bits per heavy atom. The molecule has 0 bridgehead atoms. The molecule has 0 radical (unpaired) electrons. The van der Waals surface area contributed by atoms with Crippen molar-refractivity contribution in [2.45, 2.75) is 13.8 Å². The van der Waals surface area contributed by atoms with Gasteiger partial charge >= 0.3 is 5.97 Å². The molecule has 106 valence electrons. The van der Waals surface area contributed by atoms with E-state index in [0.717, 1.165) is 15.6 Å². The number of benzene rings is 1. The van der Waals surface area contributed by atoms with Crippen molar-refractivity contribution in [2.75, 3.05) is 0 Å². The standard InChI is InChI=1S/C15H11ClN2O2S/c1-7-14(17-8(2)21-7)12-6-9(15(19)20)13-10(16)4-3-5-11(13)18-12/h3-6H,1-2H3,(H,19,20). The monoisotopic (exact) mass is 318 g/mol. The van der Waals surface area contributed by atoms with Gasteiger partial charge in [-0.15, -0.1) is 11.3 Å². The van der Waals surface area contributed by atoms with Gasteiger partial charge in [-0.25, -0.2) is 14.8 Å². The minimum atomic E-state index is -1.03. The third-order valence-corrected chi connectivity index (χ3v) is 4.36. The van der Waals surface area contributed by atoms with E-state index in [4.69, 9.17) is 11.6 Å². The molecule has 4 nitrogen and oxygen atoms in total. The van der Waals surface area contributed by atoms with Crippen molar-refractivity contribution in [1.29, 1.82) is 0 Å². The fourth-order valence-corrected chi connectivity index (χ4v) is 3.40. The molecule has 0 aliphatic carbocycles. The Morgan fingerprint density at radius 1 is 1.29 bits per heavy atom. The summed E-state index contributed by atoms with van der Waals surface area (Å²) in [5.74, 6) is -1.03. The number of pyridine rings is 1. The van der Waals surface area contributed by atoms with Gasteiger partial charge in [-0.2, -0.15) is 0 Å². The number of carboxylic acid groups (broad SMARTS) is 1. The molecule has 2 aromatic heterocycles. The van der Waals surface area contributed by atoms with E-state index in [0.29, 0.717) is 21.6 Å². The molecule has 21 heavy (non-hydrogen) atoms. The number of aryl methyl sites for hydroxylation is 2. The molecular formula is C15H11ClN2O2S. The van der Waals surface area contributed by atoms with Crippen LogP contribution in [0.4, 0.5) is 0 Å². The first-order chi connectivity index (χ1) is 9.97. The number of carboxylic acids is 1. The summed E-state index contributed by atoms with van der Waals surface area (Å²) < 4.78 is 0. The van der Waals surface area contributed by atoms with E-state index in [9.17, 15) is 9.90 Å². The molecule has 2 heterocycles. The van der Waals surface area contributed by atoms with E-state index >= 15 is 0 Å². The highest BCUT2D eigenvalue weighted by Crippen LogP contribution is 2.32. The quantitative estimate of drug-likeness (QED) is 0.764. The molecule has 0 amide bonds. The van der Waals surface area contributed by atoms with Crippen LogP contribution < -0.4 is 0 Å². The third-order valence-electron chi connectivity index (χ3n) is 3.16. The van der Waals surface area contributed by atoms with Gasteiger partial charge in [0, 0.05) is 10.3 Å². The van der Waals surface area contributed by atoms with E-state index in [1.807, 2.05) is 13.8 Å². The Labute approximate surface area is 130 Å². The molecule has 1 N–H and O–H groups in total. The van der Waals surface area contributed by atoms with Gasteiger partial charge in [0.25, 0.3) is 0 Å². The largest absolute Gasteiger partial charge is 0.478 e. The Balaban J connectivity index is 2.36. The number of aromatic nitrogens is 2. The molecule has 1 aromatic carbocycles. The predicted molar refractivity (Wildman–Crippen MR) is 84.3 cm³/mol. The summed E-state index contributed by atoms with van der Waals surface area (Å²) in [5, 5.41) is 11.2. The lowest BCUT2D eigenvalue weighted by Crippen LogP contribution is -2.01. The number of nitrogens with zero attached hydrogens (tertiary/aromatic N) is 2. The zero-order valence-electron chi connectivity index (χ0n) is 11.3. The molecule has 3 aromatic rings. The summed E-state index contributed by atoms with van der Waals surface area (Å²) in [6, 6.07) is 6.71. The van der Waals surface area contributed by atoms with Crippen LogP contribution >= 0.6 is 22.9 Å². The van der Waals surface area contributed by atoms with Crippen molar-refractivity contribution in [3.8, 4) is 11.4 Å². The average molecular weight is 319 g/mol. The van der Waals surface area contributed by atoms with Crippen LogP contribution in [0.2, 0.25) is 5.02 Å². The number of halogens is 1. The number of hydrogen-bond acceptors (Lipinski definition) is 4. The number of rotatable bonds is 2. The maximum absolute atomic E-state index is 11.5. The molecule has 0 aliphatic rings. The van der Waals surface area contributed by atoms with Crippen molar-refractivity contribution in [3.05, 3.63) is 44.7 Å². The first kappa shape index (κ1) is 14.0. The Bertz CT molecular complexity index is 873. The average Bonchev–Trinajstić information content (AvgIpc) is 2.76. The summed E-state index contributed by atoms with van der Waals surface area (Å²) in [7, 11) is 0. The second-order valence-corrected chi connectivity index (χ2v) is 6.45. The number of thiazole rings is 1. The van der Waals surface area contributed by atoms with E-state index in [1.54, 1.807) is 29.5 Å². The van der Waals surface area contributed by atoms with Gasteiger partial charge in [0.05, 0.1) is 26.8 Å². The fourth-order valence-electron chi connectivity index (χ4n) is 2.30. The minimum absolute atomic E-state index is 0.144. The number of aromatic carboxylic acids is 1. The Kier molecular flexibility index (Phi) is 3.39. The van der Waals surface area contributed by atoms with E-state index in [2.05, 4.69) is 9.97 Å². The van der Waals surface area contributed by atoms with Gasteiger partial charge in [-0.05, 0) is 32.0 Å². The van der Waals surface area contributed by atoms with Crippen LogP contribution in [-0.2, 0) is 0 Å². The van der Waals surface area contributed by atoms with Gasteiger partial charge in [-0.1, -0.05) is 17.7 Å².